The molecule has 1 atom stereocenters. The van der Waals surface area contributed by atoms with Crippen molar-refractivity contribution >= 4 is 6.03 Å². The standard InChI is InChI=1S/C21H24N2O3/c24-21(23-18-7-3-5-16-4-1-2-6-17(16)18)22-11-10-15-8-9-19-20(14-15)26-13-12-25-19/h1-2,4,6,8-9,14,18H,3,5,7,10-13H2,(H2,22,23,24). The third kappa shape index (κ3) is 3.77. The maximum Gasteiger partial charge on any atom is 0.315 e. The fraction of sp³-hybridized carbons (Fsp3) is 0.381. The first-order chi connectivity index (χ1) is 12.8. The van der Waals surface area contributed by atoms with Gasteiger partial charge < -0.3 is 20.1 Å². The highest BCUT2D eigenvalue weighted by Gasteiger charge is 2.21. The van der Waals surface area contributed by atoms with Gasteiger partial charge in [0, 0.05) is 6.54 Å². The summed E-state index contributed by atoms with van der Waals surface area (Å²) in [7, 11) is 0. The summed E-state index contributed by atoms with van der Waals surface area (Å²) in [6, 6.07) is 14.3. The first-order valence-corrected chi connectivity index (χ1v) is 9.30. The number of nitrogens with one attached hydrogen (secondary N) is 2. The predicted octanol–water partition coefficient (Wildman–Crippen LogP) is 3.38. The summed E-state index contributed by atoms with van der Waals surface area (Å²) in [5.41, 5.74) is 3.72. The van der Waals surface area contributed by atoms with Crippen molar-refractivity contribution in [1.29, 1.82) is 0 Å². The normalized spacial score (nSPS) is 17.9. The molecule has 2 aliphatic rings. The van der Waals surface area contributed by atoms with Crippen molar-refractivity contribution in [2.75, 3.05) is 19.8 Å². The lowest BCUT2D eigenvalue weighted by molar-refractivity contribution is 0.171. The molecular weight excluding hydrogens is 328 g/mol. The van der Waals surface area contributed by atoms with Crippen LogP contribution in [-0.4, -0.2) is 25.8 Å². The average molecular weight is 352 g/mol. The number of carbonyl (C=O) groups excluding carboxylic acids is 1. The summed E-state index contributed by atoms with van der Waals surface area (Å²) in [6.45, 7) is 1.76. The van der Waals surface area contributed by atoms with Crippen LogP contribution < -0.4 is 20.1 Å². The Kier molecular flexibility index (Phi) is 4.95. The van der Waals surface area contributed by atoms with Crippen LogP contribution in [0.2, 0.25) is 0 Å². The van der Waals surface area contributed by atoms with E-state index in [0.29, 0.717) is 19.8 Å². The molecule has 0 radical (unpaired) electrons. The van der Waals surface area contributed by atoms with Crippen molar-refractivity contribution in [2.24, 2.45) is 0 Å². The van der Waals surface area contributed by atoms with E-state index in [1.807, 2.05) is 24.3 Å². The van der Waals surface area contributed by atoms with Gasteiger partial charge in [-0.15, -0.1) is 0 Å². The lowest BCUT2D eigenvalue weighted by atomic mass is 9.88. The number of amides is 2. The van der Waals surface area contributed by atoms with Crippen molar-refractivity contribution in [1.82, 2.24) is 10.6 Å². The Labute approximate surface area is 153 Å². The van der Waals surface area contributed by atoms with Gasteiger partial charge in [0.05, 0.1) is 6.04 Å². The smallest absolute Gasteiger partial charge is 0.315 e. The van der Waals surface area contributed by atoms with Crippen molar-refractivity contribution in [3.05, 3.63) is 59.2 Å². The molecule has 0 aromatic heterocycles. The minimum absolute atomic E-state index is 0.106. The van der Waals surface area contributed by atoms with Crippen LogP contribution in [0.3, 0.4) is 0 Å². The van der Waals surface area contributed by atoms with Crippen molar-refractivity contribution < 1.29 is 14.3 Å². The number of ether oxygens (including phenoxy) is 2. The first kappa shape index (κ1) is 16.8. The highest BCUT2D eigenvalue weighted by molar-refractivity contribution is 5.74. The summed E-state index contributed by atoms with van der Waals surface area (Å²) < 4.78 is 11.1. The number of hydrogen-bond acceptors (Lipinski definition) is 3. The van der Waals surface area contributed by atoms with Gasteiger partial charge in [-0.05, 0) is 54.5 Å². The molecular formula is C21H24N2O3. The van der Waals surface area contributed by atoms with E-state index in [-0.39, 0.29) is 12.1 Å². The molecule has 0 saturated heterocycles. The van der Waals surface area contributed by atoms with E-state index in [0.717, 1.165) is 42.7 Å². The molecule has 1 aliphatic carbocycles. The van der Waals surface area contributed by atoms with Gasteiger partial charge in [-0.3, -0.25) is 0 Å². The molecule has 0 bridgehead atoms. The molecule has 26 heavy (non-hydrogen) atoms. The topological polar surface area (TPSA) is 59.6 Å². The predicted molar refractivity (Wildman–Crippen MR) is 99.8 cm³/mol. The number of carbonyl (C=O) groups is 1. The zero-order chi connectivity index (χ0) is 17.8. The van der Waals surface area contributed by atoms with Crippen LogP contribution in [0.5, 0.6) is 11.5 Å². The Hall–Kier alpha value is -2.69. The van der Waals surface area contributed by atoms with Gasteiger partial charge >= 0.3 is 6.03 Å². The van der Waals surface area contributed by atoms with E-state index < -0.39 is 0 Å². The molecule has 5 heteroatoms. The van der Waals surface area contributed by atoms with E-state index in [2.05, 4.69) is 28.8 Å². The molecule has 1 heterocycles. The summed E-state index contributed by atoms with van der Waals surface area (Å²) in [6.07, 6.45) is 3.96. The highest BCUT2D eigenvalue weighted by atomic mass is 16.6. The summed E-state index contributed by atoms with van der Waals surface area (Å²) in [5.74, 6) is 1.58. The second-order valence-corrected chi connectivity index (χ2v) is 6.77. The molecule has 0 saturated carbocycles. The number of fused-ring (bicyclic) bond motifs is 2. The van der Waals surface area contributed by atoms with Crippen LogP contribution in [0.4, 0.5) is 4.79 Å². The molecule has 1 aliphatic heterocycles. The third-order valence-electron chi connectivity index (χ3n) is 4.98. The summed E-state index contributed by atoms with van der Waals surface area (Å²) in [4.78, 5) is 12.3. The molecule has 136 valence electrons. The number of aryl methyl sites for hydroxylation is 1. The third-order valence-corrected chi connectivity index (χ3v) is 4.98. The molecule has 0 fully saturated rings. The Balaban J connectivity index is 1.28. The maximum absolute atomic E-state index is 12.3. The fourth-order valence-corrected chi connectivity index (χ4v) is 3.68. The minimum atomic E-state index is -0.107. The number of benzene rings is 2. The van der Waals surface area contributed by atoms with Gasteiger partial charge in [-0.2, -0.15) is 0 Å². The molecule has 0 spiro atoms. The van der Waals surface area contributed by atoms with Gasteiger partial charge in [-0.1, -0.05) is 30.3 Å². The lowest BCUT2D eigenvalue weighted by Crippen LogP contribution is -2.39. The van der Waals surface area contributed by atoms with Crippen LogP contribution in [0.25, 0.3) is 0 Å². The van der Waals surface area contributed by atoms with Crippen molar-refractivity contribution in [3.63, 3.8) is 0 Å². The van der Waals surface area contributed by atoms with E-state index in [1.165, 1.54) is 11.1 Å². The maximum atomic E-state index is 12.3. The van der Waals surface area contributed by atoms with Crippen LogP contribution >= 0.6 is 0 Å². The van der Waals surface area contributed by atoms with Crippen molar-refractivity contribution in [3.8, 4) is 11.5 Å². The van der Waals surface area contributed by atoms with Gasteiger partial charge in [-0.25, -0.2) is 4.79 Å². The second kappa shape index (κ2) is 7.68. The molecule has 5 nitrogen and oxygen atoms in total. The Morgan fingerprint density at radius 2 is 1.92 bits per heavy atom. The quantitative estimate of drug-likeness (QED) is 0.887. The largest absolute Gasteiger partial charge is 0.486 e. The van der Waals surface area contributed by atoms with Gasteiger partial charge in [0.25, 0.3) is 0 Å². The van der Waals surface area contributed by atoms with Crippen molar-refractivity contribution in [2.45, 2.75) is 31.7 Å². The molecule has 2 N–H and O–H groups in total. The zero-order valence-corrected chi connectivity index (χ0v) is 14.8. The fourth-order valence-electron chi connectivity index (χ4n) is 3.68. The zero-order valence-electron chi connectivity index (χ0n) is 14.8. The molecule has 1 unspecified atom stereocenters. The first-order valence-electron chi connectivity index (χ1n) is 9.30. The summed E-state index contributed by atoms with van der Waals surface area (Å²) >= 11 is 0. The monoisotopic (exact) mass is 352 g/mol. The molecule has 2 amide bonds. The second-order valence-electron chi connectivity index (χ2n) is 6.77. The molecule has 2 aromatic carbocycles. The molecule has 2 aromatic rings. The van der Waals surface area contributed by atoms with Crippen LogP contribution in [-0.2, 0) is 12.8 Å². The number of urea groups is 1. The SMILES string of the molecule is O=C(NCCc1ccc2c(c1)OCCO2)NC1CCCc2ccccc21. The van der Waals surface area contributed by atoms with E-state index >= 15 is 0 Å². The number of rotatable bonds is 4. The lowest BCUT2D eigenvalue weighted by Gasteiger charge is -2.26. The van der Waals surface area contributed by atoms with E-state index in [1.54, 1.807) is 0 Å². The van der Waals surface area contributed by atoms with Crippen LogP contribution in [0, 0.1) is 0 Å². The summed E-state index contributed by atoms with van der Waals surface area (Å²) in [5, 5.41) is 6.08. The Bertz CT molecular complexity index is 791. The van der Waals surface area contributed by atoms with Crippen LogP contribution in [0.15, 0.2) is 42.5 Å². The Morgan fingerprint density at radius 3 is 2.85 bits per heavy atom. The molecule has 4 rings (SSSR count). The average Bonchev–Trinajstić information content (AvgIpc) is 2.68. The van der Waals surface area contributed by atoms with E-state index in [4.69, 9.17) is 9.47 Å². The Morgan fingerprint density at radius 1 is 1.08 bits per heavy atom. The van der Waals surface area contributed by atoms with Crippen LogP contribution in [0.1, 0.15) is 35.6 Å². The highest BCUT2D eigenvalue weighted by Crippen LogP contribution is 2.31. The van der Waals surface area contributed by atoms with Gasteiger partial charge in [0.2, 0.25) is 0 Å². The van der Waals surface area contributed by atoms with Gasteiger partial charge in [0.1, 0.15) is 13.2 Å². The minimum Gasteiger partial charge on any atom is -0.486 e. The number of hydrogen-bond donors (Lipinski definition) is 2. The van der Waals surface area contributed by atoms with E-state index in [9.17, 15) is 4.79 Å². The van der Waals surface area contributed by atoms with Gasteiger partial charge in [0.15, 0.2) is 11.5 Å².